The highest BCUT2D eigenvalue weighted by Gasteiger charge is 2.30. The molecule has 0 spiro atoms. The number of nitrogens with one attached hydrogen (secondary N) is 1. The van der Waals surface area contributed by atoms with E-state index in [1.807, 2.05) is 78.9 Å². The van der Waals surface area contributed by atoms with Crippen LogP contribution in [-0.2, 0) is 28.0 Å². The Morgan fingerprint density at radius 1 is 0.947 bits per heavy atom. The van der Waals surface area contributed by atoms with Crippen LogP contribution < -0.4 is 10.1 Å². The number of nitrogens with zero attached hydrogens (tertiary/aromatic N) is 1. The molecule has 0 bridgehead atoms. The number of ether oxygens (including phenoxy) is 1. The Morgan fingerprint density at radius 2 is 1.58 bits per heavy atom. The summed E-state index contributed by atoms with van der Waals surface area (Å²) in [5.74, 6) is 0.201. The fourth-order valence-corrected chi connectivity index (χ4v) is 4.64. The molecule has 0 aliphatic rings. The highest BCUT2D eigenvalue weighted by molar-refractivity contribution is 9.10. The summed E-state index contributed by atoms with van der Waals surface area (Å²) < 4.78 is 6.79. The van der Waals surface area contributed by atoms with Crippen molar-refractivity contribution in [3.63, 3.8) is 0 Å². The third-order valence-corrected chi connectivity index (χ3v) is 7.07. The van der Waals surface area contributed by atoms with Crippen molar-refractivity contribution in [2.75, 3.05) is 13.2 Å². The average molecular weight is 580 g/mol. The lowest BCUT2D eigenvalue weighted by molar-refractivity contribution is -0.142. The van der Waals surface area contributed by atoms with Gasteiger partial charge in [-0.2, -0.15) is 0 Å². The maximum absolute atomic E-state index is 13.7. The molecule has 3 aromatic rings. The maximum Gasteiger partial charge on any atom is 0.261 e. The lowest BCUT2D eigenvalue weighted by Crippen LogP contribution is -2.51. The first-order valence-corrected chi connectivity index (χ1v) is 14.1. The van der Waals surface area contributed by atoms with Crippen LogP contribution in [0.1, 0.15) is 57.2 Å². The van der Waals surface area contributed by atoms with Gasteiger partial charge < -0.3 is 15.0 Å². The van der Waals surface area contributed by atoms with Gasteiger partial charge in [0.15, 0.2) is 6.61 Å². The molecule has 2 amide bonds. The molecule has 0 heterocycles. The Bertz CT molecular complexity index is 1180. The smallest absolute Gasteiger partial charge is 0.261 e. The van der Waals surface area contributed by atoms with Crippen LogP contribution in [0.4, 0.5) is 0 Å². The maximum atomic E-state index is 13.7. The Kier molecular flexibility index (Phi) is 11.0. The van der Waals surface area contributed by atoms with Crippen molar-refractivity contribution in [1.82, 2.24) is 10.2 Å². The summed E-state index contributed by atoms with van der Waals surface area (Å²) in [7, 11) is 0. The van der Waals surface area contributed by atoms with Gasteiger partial charge >= 0.3 is 0 Å². The summed E-state index contributed by atoms with van der Waals surface area (Å²) in [5.41, 5.74) is 3.12. The lowest BCUT2D eigenvalue weighted by Gasteiger charge is -2.31. The number of carbonyl (C=O) groups excluding carboxylic acids is 2. The summed E-state index contributed by atoms with van der Waals surface area (Å²) >= 11 is 3.60. The predicted octanol–water partition coefficient (Wildman–Crippen LogP) is 6.68. The predicted molar refractivity (Wildman–Crippen MR) is 157 cm³/mol. The van der Waals surface area contributed by atoms with Gasteiger partial charge in [0.25, 0.3) is 5.91 Å². The van der Waals surface area contributed by atoms with E-state index in [4.69, 9.17) is 4.74 Å². The number of amides is 2. The Morgan fingerprint density at radius 3 is 2.16 bits per heavy atom. The average Bonchev–Trinajstić information content (AvgIpc) is 2.90. The normalized spacial score (nSPS) is 12.0. The summed E-state index contributed by atoms with van der Waals surface area (Å²) in [5, 5.41) is 3.05. The van der Waals surface area contributed by atoms with E-state index < -0.39 is 6.04 Å². The molecule has 0 unspecified atom stereocenters. The van der Waals surface area contributed by atoms with E-state index in [1.165, 1.54) is 5.56 Å². The molecule has 0 aliphatic heterocycles. The quantitative estimate of drug-likeness (QED) is 0.244. The van der Waals surface area contributed by atoms with Gasteiger partial charge in [-0.1, -0.05) is 101 Å². The topological polar surface area (TPSA) is 58.6 Å². The van der Waals surface area contributed by atoms with Gasteiger partial charge in [0.2, 0.25) is 5.91 Å². The van der Waals surface area contributed by atoms with Crippen molar-refractivity contribution in [3.05, 3.63) is 100 Å². The van der Waals surface area contributed by atoms with Gasteiger partial charge in [-0.05, 0) is 56.6 Å². The van der Waals surface area contributed by atoms with Crippen molar-refractivity contribution in [2.24, 2.45) is 0 Å². The Labute approximate surface area is 235 Å². The SMILES string of the molecule is CCCCNC(=O)[C@H](Cc1ccccc1)N(Cc1ccccc1)C(=O)COc1ccc(C(C)(C)C)cc1Br. The van der Waals surface area contributed by atoms with E-state index in [1.54, 1.807) is 4.90 Å². The minimum atomic E-state index is -0.669. The van der Waals surface area contributed by atoms with Crippen LogP contribution >= 0.6 is 15.9 Å². The first-order valence-electron chi connectivity index (χ1n) is 13.3. The minimum Gasteiger partial charge on any atom is -0.483 e. The van der Waals surface area contributed by atoms with Crippen LogP contribution in [0, 0.1) is 0 Å². The lowest BCUT2D eigenvalue weighted by atomic mass is 9.87. The second-order valence-electron chi connectivity index (χ2n) is 10.5. The monoisotopic (exact) mass is 578 g/mol. The number of rotatable bonds is 12. The van der Waals surface area contributed by atoms with E-state index in [0.717, 1.165) is 28.4 Å². The van der Waals surface area contributed by atoms with Gasteiger partial charge in [-0.3, -0.25) is 9.59 Å². The molecule has 0 saturated heterocycles. The zero-order chi connectivity index (χ0) is 27.5. The fraction of sp³-hybridized carbons (Fsp3) is 0.375. The molecule has 1 N–H and O–H groups in total. The van der Waals surface area contributed by atoms with E-state index in [0.29, 0.717) is 25.3 Å². The van der Waals surface area contributed by atoms with Crippen LogP contribution in [0.15, 0.2) is 83.3 Å². The van der Waals surface area contributed by atoms with Crippen LogP contribution in [0.25, 0.3) is 0 Å². The van der Waals surface area contributed by atoms with E-state index in [9.17, 15) is 9.59 Å². The molecule has 0 aromatic heterocycles. The molecular weight excluding hydrogens is 540 g/mol. The summed E-state index contributed by atoms with van der Waals surface area (Å²) in [6.45, 7) is 9.26. The number of hydrogen-bond donors (Lipinski definition) is 1. The number of carbonyl (C=O) groups is 2. The molecule has 6 heteroatoms. The molecule has 5 nitrogen and oxygen atoms in total. The van der Waals surface area contributed by atoms with Gasteiger partial charge in [0.05, 0.1) is 4.47 Å². The van der Waals surface area contributed by atoms with Crippen molar-refractivity contribution in [3.8, 4) is 5.75 Å². The summed E-state index contributed by atoms with van der Waals surface area (Å²) in [4.78, 5) is 28.8. The van der Waals surface area contributed by atoms with E-state index >= 15 is 0 Å². The van der Waals surface area contributed by atoms with E-state index in [-0.39, 0.29) is 23.8 Å². The second kappa shape index (κ2) is 14.1. The van der Waals surface area contributed by atoms with Crippen LogP contribution in [0.5, 0.6) is 5.75 Å². The summed E-state index contributed by atoms with van der Waals surface area (Å²) in [6, 6.07) is 24.9. The number of halogens is 1. The van der Waals surface area contributed by atoms with Gasteiger partial charge in [0, 0.05) is 19.5 Å². The first-order chi connectivity index (χ1) is 18.2. The van der Waals surface area contributed by atoms with Crippen molar-refractivity contribution >= 4 is 27.7 Å². The van der Waals surface area contributed by atoms with Crippen molar-refractivity contribution in [1.29, 1.82) is 0 Å². The largest absolute Gasteiger partial charge is 0.483 e. The Balaban J connectivity index is 1.87. The van der Waals surface area contributed by atoms with Gasteiger partial charge in [-0.15, -0.1) is 0 Å². The highest BCUT2D eigenvalue weighted by Crippen LogP contribution is 2.31. The van der Waals surface area contributed by atoms with E-state index in [2.05, 4.69) is 48.9 Å². The van der Waals surface area contributed by atoms with Gasteiger partial charge in [0.1, 0.15) is 11.8 Å². The van der Waals surface area contributed by atoms with Crippen molar-refractivity contribution < 1.29 is 14.3 Å². The number of hydrogen-bond acceptors (Lipinski definition) is 3. The fourth-order valence-electron chi connectivity index (χ4n) is 4.15. The molecular formula is C32H39BrN2O3. The molecule has 38 heavy (non-hydrogen) atoms. The third kappa shape index (κ3) is 8.73. The first kappa shape index (κ1) is 29.4. The molecule has 0 aliphatic carbocycles. The molecule has 0 radical (unpaired) electrons. The molecule has 3 aromatic carbocycles. The zero-order valence-corrected chi connectivity index (χ0v) is 24.5. The molecule has 0 fully saturated rings. The standard InChI is InChI=1S/C32H39BrN2O3/c1-5-6-19-34-31(37)28(20-24-13-9-7-10-14-24)35(22-25-15-11-8-12-16-25)30(36)23-38-29-18-17-26(21-27(29)33)32(2,3)4/h7-18,21,28H,5-6,19-20,22-23H2,1-4H3,(H,34,37)/t28-/m0/s1. The van der Waals surface area contributed by atoms with Crippen LogP contribution in [-0.4, -0.2) is 35.9 Å². The zero-order valence-electron chi connectivity index (χ0n) is 22.9. The molecule has 3 rings (SSSR count). The van der Waals surface area contributed by atoms with Gasteiger partial charge in [-0.25, -0.2) is 0 Å². The molecule has 1 atom stereocenters. The Hall–Kier alpha value is -3.12. The third-order valence-electron chi connectivity index (χ3n) is 6.45. The second-order valence-corrected chi connectivity index (χ2v) is 11.4. The van der Waals surface area contributed by atoms with Crippen molar-refractivity contribution in [2.45, 2.75) is 65.0 Å². The summed E-state index contributed by atoms with van der Waals surface area (Å²) in [6.07, 6.45) is 2.28. The highest BCUT2D eigenvalue weighted by atomic mass is 79.9. The minimum absolute atomic E-state index is 0.000844. The number of benzene rings is 3. The molecule has 202 valence electrons. The van der Waals surface area contributed by atoms with Crippen LogP contribution in [0.2, 0.25) is 0 Å². The van der Waals surface area contributed by atoms with Crippen LogP contribution in [0.3, 0.4) is 0 Å². The number of unbranched alkanes of at least 4 members (excludes halogenated alkanes) is 1. The molecule has 0 saturated carbocycles.